The molecule has 3 aliphatic heterocycles. The van der Waals surface area contributed by atoms with E-state index in [1.165, 1.54) is 11.3 Å². The number of amides is 3. The zero-order chi connectivity index (χ0) is 33.5. The molecule has 4 aromatic rings. The number of nitrogens with zero attached hydrogens (tertiary/aromatic N) is 3. The molecule has 0 atom stereocenters. The van der Waals surface area contributed by atoms with Crippen molar-refractivity contribution in [2.24, 2.45) is 5.41 Å². The van der Waals surface area contributed by atoms with Crippen molar-refractivity contribution < 1.29 is 23.9 Å². The van der Waals surface area contributed by atoms with Crippen LogP contribution in [0.4, 0.5) is 27.0 Å². The summed E-state index contributed by atoms with van der Waals surface area (Å²) in [5.41, 5.74) is 5.70. The lowest BCUT2D eigenvalue weighted by Gasteiger charge is -2.53. The molecule has 2 saturated heterocycles. The summed E-state index contributed by atoms with van der Waals surface area (Å²) in [4.78, 5) is 49.6. The van der Waals surface area contributed by atoms with Gasteiger partial charge in [-0.05, 0) is 99.0 Å². The first kappa shape index (κ1) is 31.5. The van der Waals surface area contributed by atoms with E-state index in [-0.39, 0.29) is 23.3 Å². The second kappa shape index (κ2) is 12.9. The third-order valence-electron chi connectivity index (χ3n) is 10.2. The first-order valence-electron chi connectivity index (χ1n) is 17.1. The van der Waals surface area contributed by atoms with Gasteiger partial charge < -0.3 is 24.6 Å². The molecule has 2 aromatic heterocycles. The number of para-hydroxylation sites is 1. The van der Waals surface area contributed by atoms with Crippen LogP contribution in [0.15, 0.2) is 66.9 Å². The lowest BCUT2D eigenvalue weighted by Crippen LogP contribution is -2.59. The van der Waals surface area contributed by atoms with E-state index in [1.54, 1.807) is 24.3 Å². The smallest absolute Gasteiger partial charge is 0.412 e. The first-order chi connectivity index (χ1) is 23.8. The molecular weight excluding hydrogens is 639 g/mol. The van der Waals surface area contributed by atoms with Crippen molar-refractivity contribution in [2.75, 3.05) is 53.3 Å². The van der Waals surface area contributed by atoms with Crippen molar-refractivity contribution in [3.63, 3.8) is 0 Å². The Morgan fingerprint density at radius 3 is 2.53 bits per heavy atom. The van der Waals surface area contributed by atoms with Gasteiger partial charge in [-0.2, -0.15) is 0 Å². The number of ether oxygens (including phenoxy) is 2. The zero-order valence-corrected chi connectivity index (χ0v) is 28.3. The molecule has 0 unspecified atom stereocenters. The highest BCUT2D eigenvalue weighted by Gasteiger charge is 2.45. The van der Waals surface area contributed by atoms with E-state index in [0.717, 1.165) is 90.7 Å². The number of pyridine rings is 1. The first-order valence-corrected chi connectivity index (χ1v) is 17.9. The molecule has 252 valence electrons. The number of nitrogens with one attached hydrogen (secondary N) is 2. The van der Waals surface area contributed by atoms with E-state index in [2.05, 4.69) is 20.5 Å². The molecule has 5 heterocycles. The Bertz CT molecular complexity index is 1910. The summed E-state index contributed by atoms with van der Waals surface area (Å²) in [5.74, 6) is 0.362. The van der Waals surface area contributed by atoms with Crippen LogP contribution in [-0.2, 0) is 15.9 Å². The number of aromatic nitrogens is 1. The standard InChI is InChI=1S/C38H39N5O5S/c1-24-19-30(34(39-21-24)42-22-38(23-42)14-17-47-18-15-38)35(44)40-27-11-9-25(10-12-27)36(45)43-16-13-26-20-32(41-37(46)48-28-5-4-6-28)49-33(26)29-7-2-3-8-31(29)43/h2-3,7-12,19-21,28H,4-6,13-18,22-23H2,1H3,(H,40,44)(H,41,46). The molecule has 3 fully saturated rings. The van der Waals surface area contributed by atoms with Gasteiger partial charge >= 0.3 is 6.09 Å². The average molecular weight is 678 g/mol. The summed E-state index contributed by atoms with van der Waals surface area (Å²) in [6.45, 7) is 5.76. The summed E-state index contributed by atoms with van der Waals surface area (Å²) in [6, 6.07) is 18.8. The minimum absolute atomic E-state index is 0.0161. The van der Waals surface area contributed by atoms with E-state index >= 15 is 0 Å². The van der Waals surface area contributed by atoms with E-state index in [4.69, 9.17) is 9.47 Å². The van der Waals surface area contributed by atoms with Crippen LogP contribution in [0, 0.1) is 12.3 Å². The van der Waals surface area contributed by atoms with Crippen molar-refractivity contribution in [1.82, 2.24) is 4.98 Å². The van der Waals surface area contributed by atoms with Gasteiger partial charge in [0.15, 0.2) is 0 Å². The molecule has 10 nitrogen and oxygen atoms in total. The molecular formula is C38H39N5O5S. The van der Waals surface area contributed by atoms with Gasteiger partial charge in [0.1, 0.15) is 11.9 Å². The highest BCUT2D eigenvalue weighted by atomic mass is 32.1. The number of fused-ring (bicyclic) bond motifs is 3. The third-order valence-corrected chi connectivity index (χ3v) is 11.3. The van der Waals surface area contributed by atoms with E-state index in [0.29, 0.717) is 35.6 Å². The van der Waals surface area contributed by atoms with Gasteiger partial charge in [-0.15, -0.1) is 11.3 Å². The number of anilines is 4. The number of hydrogen-bond acceptors (Lipinski definition) is 8. The van der Waals surface area contributed by atoms with Crippen LogP contribution in [0.2, 0.25) is 0 Å². The number of hydrogen-bond donors (Lipinski definition) is 2. The second-order valence-corrected chi connectivity index (χ2v) is 14.7. The fraction of sp³-hybridized carbons (Fsp3) is 0.368. The predicted octanol–water partition coefficient (Wildman–Crippen LogP) is 7.29. The molecule has 3 amide bonds. The van der Waals surface area contributed by atoms with Crippen molar-refractivity contribution >= 4 is 51.4 Å². The van der Waals surface area contributed by atoms with Gasteiger partial charge in [-0.3, -0.25) is 14.9 Å². The Hall–Kier alpha value is -4.74. The highest BCUT2D eigenvalue weighted by molar-refractivity contribution is 7.19. The average Bonchev–Trinajstić information content (AvgIpc) is 3.41. The van der Waals surface area contributed by atoms with Crippen molar-refractivity contribution in [1.29, 1.82) is 0 Å². The molecule has 4 aliphatic rings. The predicted molar refractivity (Wildman–Crippen MR) is 191 cm³/mol. The summed E-state index contributed by atoms with van der Waals surface area (Å²) < 4.78 is 11.0. The molecule has 2 aromatic carbocycles. The number of rotatable bonds is 6. The number of carbonyl (C=O) groups excluding carboxylic acids is 3. The Labute approximate surface area is 289 Å². The van der Waals surface area contributed by atoms with E-state index in [1.807, 2.05) is 54.4 Å². The van der Waals surface area contributed by atoms with Crippen molar-refractivity contribution in [2.45, 2.75) is 51.6 Å². The molecule has 0 radical (unpaired) electrons. The maximum absolute atomic E-state index is 14.0. The van der Waals surface area contributed by atoms with Gasteiger partial charge in [-0.1, -0.05) is 18.2 Å². The summed E-state index contributed by atoms with van der Waals surface area (Å²) >= 11 is 1.50. The van der Waals surface area contributed by atoms with Crippen LogP contribution < -0.4 is 20.4 Å². The number of thiophene rings is 1. The van der Waals surface area contributed by atoms with E-state index < -0.39 is 6.09 Å². The molecule has 1 spiro atoms. The van der Waals surface area contributed by atoms with Gasteiger partial charge in [0, 0.05) is 66.2 Å². The SMILES string of the molecule is Cc1cnc(N2CC3(CCOCC3)C2)c(C(=O)Nc2ccc(C(=O)N3CCc4cc(NC(=O)OC5CCC5)sc4-c4ccccc43)cc2)c1. The van der Waals surface area contributed by atoms with Crippen LogP contribution in [0.3, 0.4) is 0 Å². The van der Waals surface area contributed by atoms with Gasteiger partial charge in [0.2, 0.25) is 0 Å². The Morgan fingerprint density at radius 1 is 1.00 bits per heavy atom. The second-order valence-electron chi connectivity index (χ2n) is 13.7. The van der Waals surface area contributed by atoms with Gasteiger partial charge in [0.25, 0.3) is 11.8 Å². The maximum atomic E-state index is 14.0. The normalized spacial score (nSPS) is 18.0. The van der Waals surface area contributed by atoms with Crippen LogP contribution in [0.5, 0.6) is 0 Å². The van der Waals surface area contributed by atoms with Gasteiger partial charge in [-0.25, -0.2) is 9.78 Å². The Balaban J connectivity index is 0.957. The molecule has 11 heteroatoms. The van der Waals surface area contributed by atoms with Gasteiger partial charge in [0.05, 0.1) is 16.3 Å². The van der Waals surface area contributed by atoms with E-state index in [9.17, 15) is 14.4 Å². The maximum Gasteiger partial charge on any atom is 0.412 e. The topological polar surface area (TPSA) is 113 Å². The highest BCUT2D eigenvalue weighted by Crippen LogP contribution is 2.44. The summed E-state index contributed by atoms with van der Waals surface area (Å²) in [5, 5.41) is 6.67. The quantitative estimate of drug-likeness (QED) is 0.220. The lowest BCUT2D eigenvalue weighted by molar-refractivity contribution is -0.000511. The zero-order valence-electron chi connectivity index (χ0n) is 27.5. The molecule has 0 bridgehead atoms. The van der Waals surface area contributed by atoms with Crippen LogP contribution in [-0.4, -0.2) is 61.8 Å². The monoisotopic (exact) mass is 677 g/mol. The Morgan fingerprint density at radius 2 is 1.78 bits per heavy atom. The minimum Gasteiger partial charge on any atom is -0.446 e. The fourth-order valence-corrected chi connectivity index (χ4v) is 8.33. The molecule has 1 saturated carbocycles. The van der Waals surface area contributed by atoms with Crippen LogP contribution in [0.1, 0.15) is 63.9 Å². The number of carbonyl (C=O) groups is 3. The summed E-state index contributed by atoms with van der Waals surface area (Å²) in [7, 11) is 0. The number of benzene rings is 2. The van der Waals surface area contributed by atoms with Crippen LogP contribution >= 0.6 is 11.3 Å². The number of aryl methyl sites for hydroxylation is 1. The molecule has 2 N–H and O–H groups in total. The minimum atomic E-state index is -0.415. The van der Waals surface area contributed by atoms with Crippen LogP contribution in [0.25, 0.3) is 10.4 Å². The summed E-state index contributed by atoms with van der Waals surface area (Å²) in [6.07, 6.45) is 7.07. The molecule has 8 rings (SSSR count). The Kier molecular flexibility index (Phi) is 8.33. The largest absolute Gasteiger partial charge is 0.446 e. The third kappa shape index (κ3) is 6.28. The fourth-order valence-electron chi connectivity index (χ4n) is 7.20. The lowest BCUT2D eigenvalue weighted by atomic mass is 9.73. The molecule has 1 aliphatic carbocycles. The van der Waals surface area contributed by atoms with Crippen molar-refractivity contribution in [3.05, 3.63) is 89.1 Å². The molecule has 49 heavy (non-hydrogen) atoms. The van der Waals surface area contributed by atoms with Crippen molar-refractivity contribution in [3.8, 4) is 10.4 Å².